The highest BCUT2D eigenvalue weighted by atomic mass is 35.5. The van der Waals surface area contributed by atoms with Gasteiger partial charge in [0.15, 0.2) is 6.61 Å². The number of halogens is 2. The zero-order valence-corrected chi connectivity index (χ0v) is 27.0. The summed E-state index contributed by atoms with van der Waals surface area (Å²) in [6.07, 6.45) is 2.71. The lowest BCUT2D eigenvalue weighted by molar-refractivity contribution is -0.119. The first-order valence-electron chi connectivity index (χ1n) is 15.7. The summed E-state index contributed by atoms with van der Waals surface area (Å²) in [5, 5.41) is 3.73. The number of fused-ring (bicyclic) bond motifs is 2. The zero-order valence-electron chi connectivity index (χ0n) is 26.2. The van der Waals surface area contributed by atoms with Gasteiger partial charge in [0.1, 0.15) is 17.3 Å². The topological polar surface area (TPSA) is 99.2 Å². The highest BCUT2D eigenvalue weighted by Gasteiger charge is 2.29. The molecule has 1 aromatic heterocycles. The zero-order chi connectivity index (χ0) is 32.9. The third-order valence-electron chi connectivity index (χ3n) is 8.09. The van der Waals surface area contributed by atoms with Crippen LogP contribution in [0.4, 0.5) is 15.8 Å². The van der Waals surface area contributed by atoms with Gasteiger partial charge >= 0.3 is 5.97 Å². The molecule has 1 aliphatic heterocycles. The van der Waals surface area contributed by atoms with Crippen LogP contribution >= 0.6 is 11.6 Å². The first-order chi connectivity index (χ1) is 22.9. The van der Waals surface area contributed by atoms with Crippen LogP contribution in [-0.4, -0.2) is 63.0 Å². The van der Waals surface area contributed by atoms with E-state index in [1.807, 2.05) is 32.0 Å². The molecule has 0 saturated carbocycles. The molecule has 0 unspecified atom stereocenters. The molecule has 1 aliphatic carbocycles. The monoisotopic (exact) mass is 659 g/mol. The van der Waals surface area contributed by atoms with Crippen molar-refractivity contribution >= 4 is 57.4 Å². The molecule has 4 aromatic rings. The van der Waals surface area contributed by atoms with E-state index in [9.17, 15) is 14.0 Å². The molecular weight excluding hydrogens is 625 g/mol. The average molecular weight is 660 g/mol. The number of aromatic nitrogens is 1. The van der Waals surface area contributed by atoms with Crippen LogP contribution in [0.2, 0.25) is 5.02 Å². The maximum absolute atomic E-state index is 14.6. The smallest absolute Gasteiger partial charge is 0.339 e. The number of allylic oxidation sites excluding steroid dienone is 1. The molecule has 47 heavy (non-hydrogen) atoms. The average Bonchev–Trinajstić information content (AvgIpc) is 3.47. The van der Waals surface area contributed by atoms with Crippen molar-refractivity contribution in [1.29, 1.82) is 0 Å². The molecule has 9 nitrogen and oxygen atoms in total. The minimum Gasteiger partial charge on any atom is -0.492 e. The molecule has 0 radical (unpaired) electrons. The van der Waals surface area contributed by atoms with Crippen LogP contribution < -0.4 is 19.7 Å². The van der Waals surface area contributed by atoms with Gasteiger partial charge in [-0.1, -0.05) is 35.9 Å². The van der Waals surface area contributed by atoms with E-state index in [-0.39, 0.29) is 10.6 Å². The van der Waals surface area contributed by atoms with Crippen LogP contribution in [0.1, 0.15) is 47.4 Å². The lowest BCUT2D eigenvalue weighted by atomic mass is 10.0. The van der Waals surface area contributed by atoms with E-state index in [0.717, 1.165) is 11.3 Å². The van der Waals surface area contributed by atoms with Crippen LogP contribution in [0.25, 0.3) is 22.6 Å². The standard InChI is InChI=1S/C36H35ClFN3O6/c1-3-45-31-20-30(41-14-16-44-17-15-41)32(46-4-2)19-29(31)39-33(42)21-47-36(43)34-23-8-5-6-11-28(23)40-35-22(12-13-24(34)35)18-25-26(37)9-7-10-27(25)38/h5-11,18-20H,3-4,12-17,21H2,1-2H3,(H,39,42)/b22-18-. The molecule has 2 aliphatic rings. The number of pyridine rings is 1. The van der Waals surface area contributed by atoms with Gasteiger partial charge in [-0.05, 0) is 62.1 Å². The largest absolute Gasteiger partial charge is 0.492 e. The SMILES string of the molecule is CCOc1cc(N2CCOCC2)c(OCC)cc1NC(=O)COC(=O)c1c2c(nc3ccccc13)/C(=C\c1c(F)cccc1Cl)CC2. The lowest BCUT2D eigenvalue weighted by Gasteiger charge is -2.31. The molecule has 1 N–H and O–H groups in total. The van der Waals surface area contributed by atoms with Crippen molar-refractivity contribution in [2.75, 3.05) is 56.3 Å². The van der Waals surface area contributed by atoms with Crippen LogP contribution in [0.15, 0.2) is 54.6 Å². The van der Waals surface area contributed by atoms with Crippen molar-refractivity contribution < 1.29 is 32.9 Å². The van der Waals surface area contributed by atoms with E-state index in [0.29, 0.717) is 97.3 Å². The van der Waals surface area contributed by atoms with E-state index >= 15 is 0 Å². The van der Waals surface area contributed by atoms with E-state index in [1.165, 1.54) is 6.07 Å². The predicted octanol–water partition coefficient (Wildman–Crippen LogP) is 6.94. The van der Waals surface area contributed by atoms with Crippen molar-refractivity contribution in [2.45, 2.75) is 26.7 Å². The van der Waals surface area contributed by atoms with Crippen LogP contribution in [-0.2, 0) is 20.7 Å². The summed E-state index contributed by atoms with van der Waals surface area (Å²) in [7, 11) is 0. The fraction of sp³-hybridized carbons (Fsp3) is 0.306. The Morgan fingerprint density at radius 1 is 1.02 bits per heavy atom. The number of esters is 1. The summed E-state index contributed by atoms with van der Waals surface area (Å²) in [6, 6.07) is 15.4. The van der Waals surface area contributed by atoms with Gasteiger partial charge in [0.2, 0.25) is 0 Å². The Bertz CT molecular complexity index is 1840. The normalized spacial score (nSPS) is 15.1. The fourth-order valence-electron chi connectivity index (χ4n) is 5.97. The minimum atomic E-state index is -0.650. The second-order valence-corrected chi connectivity index (χ2v) is 11.4. The summed E-state index contributed by atoms with van der Waals surface area (Å²) in [6.45, 7) is 6.66. The molecule has 2 heterocycles. The summed E-state index contributed by atoms with van der Waals surface area (Å²) < 4.78 is 37.6. The Balaban J connectivity index is 1.25. The number of rotatable bonds is 10. The molecule has 0 atom stereocenters. The second kappa shape index (κ2) is 14.4. The van der Waals surface area contributed by atoms with Crippen LogP contribution in [0.3, 0.4) is 0 Å². The van der Waals surface area contributed by atoms with E-state index in [4.69, 9.17) is 35.5 Å². The Hall–Kier alpha value is -4.67. The van der Waals surface area contributed by atoms with E-state index in [2.05, 4.69) is 10.2 Å². The summed E-state index contributed by atoms with van der Waals surface area (Å²) >= 11 is 6.30. The summed E-state index contributed by atoms with van der Waals surface area (Å²) in [4.78, 5) is 33.9. The van der Waals surface area contributed by atoms with Gasteiger partial charge < -0.3 is 29.2 Å². The first kappa shape index (κ1) is 32.3. The number of carbonyl (C=O) groups is 2. The Morgan fingerprint density at radius 3 is 2.55 bits per heavy atom. The number of anilines is 2. The highest BCUT2D eigenvalue weighted by Crippen LogP contribution is 2.40. The number of benzene rings is 3. The van der Waals surface area contributed by atoms with Gasteiger partial charge in [0.05, 0.1) is 59.6 Å². The number of morpholine rings is 1. The maximum Gasteiger partial charge on any atom is 0.339 e. The van der Waals surface area contributed by atoms with Gasteiger partial charge in [0, 0.05) is 36.2 Å². The molecule has 1 saturated heterocycles. The number of nitrogens with zero attached hydrogens (tertiary/aromatic N) is 2. The fourth-order valence-corrected chi connectivity index (χ4v) is 6.19. The molecule has 0 bridgehead atoms. The molecule has 244 valence electrons. The number of para-hydroxylation sites is 1. The van der Waals surface area contributed by atoms with Gasteiger partial charge in [-0.3, -0.25) is 4.79 Å². The van der Waals surface area contributed by atoms with Gasteiger partial charge in [0.25, 0.3) is 5.91 Å². The number of ether oxygens (including phenoxy) is 4. The van der Waals surface area contributed by atoms with E-state index in [1.54, 1.807) is 36.4 Å². The third-order valence-corrected chi connectivity index (χ3v) is 8.41. The van der Waals surface area contributed by atoms with Crippen molar-refractivity contribution in [3.05, 3.63) is 87.8 Å². The predicted molar refractivity (Wildman–Crippen MR) is 180 cm³/mol. The molecular formula is C36H35ClFN3O6. The van der Waals surface area contributed by atoms with Gasteiger partial charge in [-0.15, -0.1) is 0 Å². The van der Waals surface area contributed by atoms with Crippen molar-refractivity contribution in [3.63, 3.8) is 0 Å². The number of hydrogen-bond acceptors (Lipinski definition) is 8. The van der Waals surface area contributed by atoms with Crippen molar-refractivity contribution in [3.8, 4) is 11.5 Å². The molecule has 11 heteroatoms. The number of carbonyl (C=O) groups excluding carboxylic acids is 2. The quantitative estimate of drug-likeness (QED) is 0.183. The van der Waals surface area contributed by atoms with Gasteiger partial charge in [-0.2, -0.15) is 0 Å². The molecule has 1 amide bonds. The maximum atomic E-state index is 14.6. The van der Waals surface area contributed by atoms with Gasteiger partial charge in [-0.25, -0.2) is 14.2 Å². The molecule has 3 aromatic carbocycles. The summed E-state index contributed by atoms with van der Waals surface area (Å²) in [5.41, 5.74) is 4.49. The first-order valence-corrected chi connectivity index (χ1v) is 16.1. The lowest BCUT2D eigenvalue weighted by Crippen LogP contribution is -2.36. The van der Waals surface area contributed by atoms with Crippen LogP contribution in [0, 0.1) is 5.82 Å². The highest BCUT2D eigenvalue weighted by molar-refractivity contribution is 6.32. The van der Waals surface area contributed by atoms with Crippen molar-refractivity contribution in [1.82, 2.24) is 4.98 Å². The Kier molecular flexibility index (Phi) is 9.89. The Labute approximate surface area is 277 Å². The number of hydrogen-bond donors (Lipinski definition) is 1. The van der Waals surface area contributed by atoms with E-state index < -0.39 is 24.3 Å². The van der Waals surface area contributed by atoms with Crippen molar-refractivity contribution in [2.24, 2.45) is 0 Å². The molecule has 6 rings (SSSR count). The molecule has 0 spiro atoms. The molecule has 1 fully saturated rings. The third kappa shape index (κ3) is 6.89. The summed E-state index contributed by atoms with van der Waals surface area (Å²) in [5.74, 6) is -0.552. The second-order valence-electron chi connectivity index (χ2n) is 11.0. The Morgan fingerprint density at radius 2 is 1.79 bits per heavy atom. The number of nitrogens with one attached hydrogen (secondary N) is 1. The minimum absolute atomic E-state index is 0.268. The van der Waals surface area contributed by atoms with Crippen LogP contribution in [0.5, 0.6) is 11.5 Å². The number of amides is 1.